The summed E-state index contributed by atoms with van der Waals surface area (Å²) in [6, 6.07) is 0.200. The molecule has 24 heavy (non-hydrogen) atoms. The number of carbonyl (C=O) groups is 1. The van der Waals surface area contributed by atoms with Crippen molar-refractivity contribution in [1.29, 1.82) is 0 Å². The molecule has 134 valence electrons. The zero-order valence-electron chi connectivity index (χ0n) is 15.5. The van der Waals surface area contributed by atoms with Crippen molar-refractivity contribution in [2.75, 3.05) is 19.8 Å². The highest BCUT2D eigenvalue weighted by Gasteiger charge is 2.39. The summed E-state index contributed by atoms with van der Waals surface area (Å²) in [5.74, 6) is 0.622. The van der Waals surface area contributed by atoms with Crippen molar-refractivity contribution in [2.45, 2.75) is 65.1 Å². The molecule has 0 spiro atoms. The number of hydrogen-bond acceptors (Lipinski definition) is 3. The van der Waals surface area contributed by atoms with E-state index in [0.29, 0.717) is 25.7 Å². The van der Waals surface area contributed by atoms with Gasteiger partial charge in [0.05, 0.1) is 36.5 Å². The van der Waals surface area contributed by atoms with E-state index >= 15 is 0 Å². The molecule has 1 saturated carbocycles. The van der Waals surface area contributed by atoms with Crippen molar-refractivity contribution in [1.82, 2.24) is 20.0 Å². The number of nitrogens with zero attached hydrogens (tertiary/aromatic N) is 3. The highest BCUT2D eigenvalue weighted by Crippen LogP contribution is 2.36. The van der Waals surface area contributed by atoms with E-state index in [1.165, 1.54) is 12.8 Å². The predicted molar refractivity (Wildman–Crippen MR) is 92.9 cm³/mol. The van der Waals surface area contributed by atoms with Gasteiger partial charge in [0.15, 0.2) is 0 Å². The molecule has 2 aliphatic rings. The van der Waals surface area contributed by atoms with Gasteiger partial charge in [-0.05, 0) is 53.4 Å². The predicted octanol–water partition coefficient (Wildman–Crippen LogP) is 2.83. The summed E-state index contributed by atoms with van der Waals surface area (Å²) in [7, 11) is 0. The molecule has 2 atom stereocenters. The molecule has 0 bridgehead atoms. The first-order valence-electron chi connectivity index (χ1n) is 8.99. The molecule has 2 heterocycles. The lowest BCUT2D eigenvalue weighted by atomic mass is 10.1. The molecule has 0 aromatic carbocycles. The van der Waals surface area contributed by atoms with Gasteiger partial charge in [0.2, 0.25) is 0 Å². The van der Waals surface area contributed by atoms with Crippen molar-refractivity contribution < 1.29 is 9.53 Å². The molecule has 3 rings (SSSR count). The van der Waals surface area contributed by atoms with Gasteiger partial charge in [0.25, 0.3) is 0 Å². The first kappa shape index (κ1) is 17.3. The minimum Gasteiger partial charge on any atom is -0.377 e. The van der Waals surface area contributed by atoms with Crippen LogP contribution in [0, 0.1) is 12.8 Å². The van der Waals surface area contributed by atoms with E-state index in [1.54, 1.807) is 0 Å². The smallest absolute Gasteiger partial charge is 0.318 e. The molecule has 1 N–H and O–H groups in total. The van der Waals surface area contributed by atoms with Gasteiger partial charge in [0, 0.05) is 18.3 Å². The number of amides is 2. The highest BCUT2D eigenvalue weighted by molar-refractivity contribution is 5.75. The second-order valence-electron chi connectivity index (χ2n) is 8.13. The molecule has 6 heteroatoms. The quantitative estimate of drug-likeness (QED) is 0.925. The Balaban J connectivity index is 1.68. The highest BCUT2D eigenvalue weighted by atomic mass is 16.5. The van der Waals surface area contributed by atoms with E-state index in [1.807, 2.05) is 23.4 Å². The standard InChI is InChI=1S/C18H30N4O2/c1-12(15-10-22(18(3,4)5)20-13(15)2)19-17(23)21-8-9-24-11-16(21)14-6-7-14/h10,12,14,16H,6-9,11H2,1-5H3,(H,19,23)/t12-,16+/m1/s1. The van der Waals surface area contributed by atoms with Gasteiger partial charge in [-0.2, -0.15) is 5.10 Å². The van der Waals surface area contributed by atoms with Gasteiger partial charge in [-0.3, -0.25) is 4.68 Å². The van der Waals surface area contributed by atoms with Crippen LogP contribution >= 0.6 is 0 Å². The number of nitrogens with one attached hydrogen (secondary N) is 1. The third-order valence-corrected chi connectivity index (χ3v) is 5.02. The largest absolute Gasteiger partial charge is 0.377 e. The van der Waals surface area contributed by atoms with Crippen molar-refractivity contribution in [3.8, 4) is 0 Å². The fourth-order valence-corrected chi connectivity index (χ4v) is 3.33. The topological polar surface area (TPSA) is 59.4 Å². The van der Waals surface area contributed by atoms with E-state index in [9.17, 15) is 4.79 Å². The number of aromatic nitrogens is 2. The Kier molecular flexibility index (Phi) is 4.60. The van der Waals surface area contributed by atoms with Crippen LogP contribution in [0.15, 0.2) is 6.20 Å². The molecule has 0 unspecified atom stereocenters. The molecule has 2 amide bonds. The van der Waals surface area contributed by atoms with Gasteiger partial charge in [-0.1, -0.05) is 0 Å². The Morgan fingerprint density at radius 1 is 1.42 bits per heavy atom. The molecule has 1 aliphatic heterocycles. The SMILES string of the molecule is Cc1nn(C(C)(C)C)cc1[C@@H](C)NC(=O)N1CCOC[C@H]1C1CC1. The fraction of sp³-hybridized carbons (Fsp3) is 0.778. The normalized spacial score (nSPS) is 23.2. The van der Waals surface area contributed by atoms with Gasteiger partial charge >= 0.3 is 6.03 Å². The average Bonchev–Trinajstić information content (AvgIpc) is 3.28. The Morgan fingerprint density at radius 2 is 2.12 bits per heavy atom. The maximum atomic E-state index is 12.8. The number of ether oxygens (including phenoxy) is 1. The minimum atomic E-state index is -0.0615. The third kappa shape index (κ3) is 3.58. The van der Waals surface area contributed by atoms with Crippen molar-refractivity contribution >= 4 is 6.03 Å². The van der Waals surface area contributed by atoms with Gasteiger partial charge in [-0.25, -0.2) is 4.79 Å². The van der Waals surface area contributed by atoms with Gasteiger partial charge in [0.1, 0.15) is 0 Å². The summed E-state index contributed by atoms with van der Waals surface area (Å²) in [6.45, 7) is 12.4. The monoisotopic (exact) mass is 334 g/mol. The van der Waals surface area contributed by atoms with Crippen molar-refractivity contribution in [3.63, 3.8) is 0 Å². The fourth-order valence-electron chi connectivity index (χ4n) is 3.33. The Hall–Kier alpha value is -1.56. The number of urea groups is 1. The number of aryl methyl sites for hydroxylation is 1. The lowest BCUT2D eigenvalue weighted by molar-refractivity contribution is 0.00421. The van der Waals surface area contributed by atoms with Gasteiger partial charge in [-0.15, -0.1) is 0 Å². The molecule has 1 saturated heterocycles. The summed E-state index contributed by atoms with van der Waals surface area (Å²) >= 11 is 0. The van der Waals surface area contributed by atoms with Crippen LogP contribution in [0.2, 0.25) is 0 Å². The molecule has 6 nitrogen and oxygen atoms in total. The lowest BCUT2D eigenvalue weighted by Gasteiger charge is -2.36. The van der Waals surface area contributed by atoms with E-state index in [2.05, 4.69) is 37.4 Å². The summed E-state index contributed by atoms with van der Waals surface area (Å²) in [4.78, 5) is 14.7. The Labute approximate surface area is 144 Å². The maximum absolute atomic E-state index is 12.8. The van der Waals surface area contributed by atoms with Crippen molar-refractivity contribution in [3.05, 3.63) is 17.5 Å². The van der Waals surface area contributed by atoms with Gasteiger partial charge < -0.3 is 15.0 Å². The van der Waals surface area contributed by atoms with Crippen LogP contribution in [-0.4, -0.2) is 46.5 Å². The average molecular weight is 334 g/mol. The second-order valence-corrected chi connectivity index (χ2v) is 8.13. The summed E-state index contributed by atoms with van der Waals surface area (Å²) in [5.41, 5.74) is 1.99. The molecule has 1 aromatic rings. The minimum absolute atomic E-state index is 0.0191. The van der Waals surface area contributed by atoms with Crippen LogP contribution in [0.5, 0.6) is 0 Å². The van der Waals surface area contributed by atoms with Crippen LogP contribution in [0.25, 0.3) is 0 Å². The lowest BCUT2D eigenvalue weighted by Crippen LogP contribution is -2.53. The second kappa shape index (κ2) is 6.39. The first-order valence-corrected chi connectivity index (χ1v) is 8.99. The zero-order valence-corrected chi connectivity index (χ0v) is 15.5. The summed E-state index contributed by atoms with van der Waals surface area (Å²) < 4.78 is 7.55. The first-order chi connectivity index (χ1) is 11.3. The molecule has 1 aliphatic carbocycles. The van der Waals surface area contributed by atoms with E-state index in [4.69, 9.17) is 4.74 Å². The van der Waals surface area contributed by atoms with Crippen LogP contribution in [0.3, 0.4) is 0 Å². The zero-order chi connectivity index (χ0) is 17.5. The molecular formula is C18H30N4O2. The number of carbonyl (C=O) groups excluding carboxylic acids is 1. The molecule has 2 fully saturated rings. The van der Waals surface area contributed by atoms with Crippen LogP contribution in [0.1, 0.15) is 57.8 Å². The van der Waals surface area contributed by atoms with E-state index in [-0.39, 0.29) is 23.7 Å². The number of hydrogen-bond donors (Lipinski definition) is 1. The number of morpholine rings is 1. The Morgan fingerprint density at radius 3 is 2.71 bits per heavy atom. The number of rotatable bonds is 3. The molecule has 0 radical (unpaired) electrons. The Bertz CT molecular complexity index is 601. The van der Waals surface area contributed by atoms with Crippen LogP contribution in [-0.2, 0) is 10.3 Å². The van der Waals surface area contributed by atoms with Crippen molar-refractivity contribution in [2.24, 2.45) is 5.92 Å². The third-order valence-electron chi connectivity index (χ3n) is 5.02. The maximum Gasteiger partial charge on any atom is 0.318 e. The van der Waals surface area contributed by atoms with Crippen LogP contribution < -0.4 is 5.32 Å². The summed E-state index contributed by atoms with van der Waals surface area (Å²) in [5, 5.41) is 7.77. The molecular weight excluding hydrogens is 304 g/mol. The van der Waals surface area contributed by atoms with E-state index < -0.39 is 0 Å². The van der Waals surface area contributed by atoms with Crippen LogP contribution in [0.4, 0.5) is 4.79 Å². The summed E-state index contributed by atoms with van der Waals surface area (Å²) in [6.07, 6.45) is 4.48. The van der Waals surface area contributed by atoms with E-state index in [0.717, 1.165) is 11.3 Å². The molecule has 1 aromatic heterocycles.